The van der Waals surface area contributed by atoms with E-state index in [1.807, 2.05) is 12.0 Å². The van der Waals surface area contributed by atoms with Crippen molar-refractivity contribution >= 4 is 5.82 Å². The van der Waals surface area contributed by atoms with Crippen LogP contribution in [0.1, 0.15) is 17.7 Å². The van der Waals surface area contributed by atoms with E-state index in [2.05, 4.69) is 5.10 Å². The van der Waals surface area contributed by atoms with Crippen LogP contribution < -0.4 is 0 Å². The number of nitrogens with one attached hydrogen (secondary N) is 1. The zero-order valence-electron chi connectivity index (χ0n) is 9.35. The molecule has 0 saturated heterocycles. The van der Waals surface area contributed by atoms with Gasteiger partial charge in [-0.05, 0) is 17.4 Å². The number of benzene rings is 1. The fraction of sp³-hybridized carbons (Fsp3) is 0.182. The topological polar surface area (TPSA) is 71.8 Å². The van der Waals surface area contributed by atoms with Crippen LogP contribution in [0, 0.1) is 17.0 Å². The summed E-state index contributed by atoms with van der Waals surface area (Å²) in [5, 5.41) is 16.1. The fourth-order valence-electron chi connectivity index (χ4n) is 1.64. The molecule has 0 aliphatic carbocycles. The van der Waals surface area contributed by atoms with Crippen LogP contribution in [0.3, 0.4) is 0 Å². The van der Waals surface area contributed by atoms with E-state index in [9.17, 15) is 18.9 Å². The van der Waals surface area contributed by atoms with Crippen LogP contribution in [0.25, 0.3) is 11.1 Å². The zero-order chi connectivity index (χ0) is 13.3. The molecule has 0 radical (unpaired) electrons. The van der Waals surface area contributed by atoms with E-state index >= 15 is 0 Å². The molecule has 0 atom stereocenters. The quantitative estimate of drug-likeness (QED) is 0.674. The van der Waals surface area contributed by atoms with E-state index in [-0.39, 0.29) is 5.56 Å². The lowest BCUT2D eigenvalue weighted by Crippen LogP contribution is -1.93. The van der Waals surface area contributed by atoms with Crippen molar-refractivity contribution < 1.29 is 13.7 Å². The summed E-state index contributed by atoms with van der Waals surface area (Å²) in [5.74, 6) is -0.519. The molecule has 1 N–H and O–H groups in total. The van der Waals surface area contributed by atoms with E-state index in [1.165, 1.54) is 0 Å². The Kier molecular flexibility index (Phi) is 3.05. The van der Waals surface area contributed by atoms with Gasteiger partial charge in [0.15, 0.2) is 5.69 Å². The van der Waals surface area contributed by atoms with Crippen LogP contribution in [-0.4, -0.2) is 15.1 Å². The molecule has 0 spiro atoms. The van der Waals surface area contributed by atoms with E-state index in [0.29, 0.717) is 5.56 Å². The SMILES string of the molecule is Cc1ccc(-c2c(C(F)F)n[nH]c2[N+](=O)[O-])cc1. The largest absolute Gasteiger partial charge is 0.358 e. The molecule has 0 aliphatic rings. The predicted molar refractivity (Wildman–Crippen MR) is 60.4 cm³/mol. The normalized spacial score (nSPS) is 10.9. The van der Waals surface area contributed by atoms with Gasteiger partial charge in [-0.3, -0.25) is 0 Å². The molecular formula is C11H9F2N3O2. The Morgan fingerprint density at radius 2 is 1.94 bits per heavy atom. The number of nitro groups is 1. The predicted octanol–water partition coefficient (Wildman–Crippen LogP) is 3.23. The Balaban J connectivity index is 2.63. The average Bonchev–Trinajstić information content (AvgIpc) is 2.74. The van der Waals surface area contributed by atoms with Crippen molar-refractivity contribution in [2.24, 2.45) is 0 Å². The first kappa shape index (κ1) is 12.2. The average molecular weight is 253 g/mol. The lowest BCUT2D eigenvalue weighted by atomic mass is 10.0. The van der Waals surface area contributed by atoms with Crippen molar-refractivity contribution in [3.8, 4) is 11.1 Å². The van der Waals surface area contributed by atoms with Gasteiger partial charge in [-0.1, -0.05) is 34.9 Å². The number of aryl methyl sites for hydroxylation is 1. The highest BCUT2D eigenvalue weighted by atomic mass is 19.3. The van der Waals surface area contributed by atoms with Crippen molar-refractivity contribution in [3.05, 3.63) is 45.6 Å². The Morgan fingerprint density at radius 1 is 1.33 bits per heavy atom. The van der Waals surface area contributed by atoms with Crippen LogP contribution in [0.5, 0.6) is 0 Å². The van der Waals surface area contributed by atoms with Gasteiger partial charge < -0.3 is 10.1 Å². The van der Waals surface area contributed by atoms with Crippen LogP contribution >= 0.6 is 0 Å². The molecule has 1 heterocycles. The molecule has 0 saturated carbocycles. The summed E-state index contributed by atoms with van der Waals surface area (Å²) in [6.45, 7) is 1.83. The monoisotopic (exact) mass is 253 g/mol. The van der Waals surface area contributed by atoms with Gasteiger partial charge in [0.25, 0.3) is 6.43 Å². The number of halogens is 2. The molecule has 0 unspecified atom stereocenters. The summed E-state index contributed by atoms with van der Waals surface area (Å²) in [6.07, 6.45) is -2.87. The molecule has 0 amide bonds. The summed E-state index contributed by atoms with van der Waals surface area (Å²) >= 11 is 0. The van der Waals surface area contributed by atoms with Gasteiger partial charge in [0, 0.05) is 0 Å². The maximum absolute atomic E-state index is 12.8. The number of aromatic nitrogens is 2. The second kappa shape index (κ2) is 4.52. The molecule has 18 heavy (non-hydrogen) atoms. The third-order valence-electron chi connectivity index (χ3n) is 2.50. The lowest BCUT2D eigenvalue weighted by molar-refractivity contribution is -0.388. The van der Waals surface area contributed by atoms with Crippen LogP contribution in [0.15, 0.2) is 24.3 Å². The number of hydrogen-bond acceptors (Lipinski definition) is 3. The first-order valence-electron chi connectivity index (χ1n) is 5.08. The standard InChI is InChI=1S/C11H9F2N3O2/c1-6-2-4-7(5-3-6)8-9(10(12)13)14-15-11(8)16(17)18/h2-5,10H,1H3,(H,14,15). The first-order chi connectivity index (χ1) is 8.50. The van der Waals surface area contributed by atoms with Gasteiger partial charge in [0.1, 0.15) is 5.56 Å². The highest BCUT2D eigenvalue weighted by Crippen LogP contribution is 2.36. The zero-order valence-corrected chi connectivity index (χ0v) is 9.35. The minimum absolute atomic E-state index is 0.157. The van der Waals surface area contributed by atoms with E-state index in [4.69, 9.17) is 0 Å². The van der Waals surface area contributed by atoms with Crippen molar-refractivity contribution in [2.75, 3.05) is 0 Å². The van der Waals surface area contributed by atoms with Crippen LogP contribution in [0.4, 0.5) is 14.6 Å². The number of aromatic amines is 1. The Labute approximate surface area is 101 Å². The highest BCUT2D eigenvalue weighted by Gasteiger charge is 2.28. The molecule has 5 nitrogen and oxygen atoms in total. The van der Waals surface area contributed by atoms with Gasteiger partial charge in [0.05, 0.1) is 0 Å². The third kappa shape index (κ3) is 2.06. The fourth-order valence-corrected chi connectivity index (χ4v) is 1.64. The second-order valence-electron chi connectivity index (χ2n) is 3.76. The van der Waals surface area contributed by atoms with E-state index in [0.717, 1.165) is 5.56 Å². The molecule has 0 aliphatic heterocycles. The van der Waals surface area contributed by atoms with E-state index in [1.54, 1.807) is 24.3 Å². The van der Waals surface area contributed by atoms with Crippen molar-refractivity contribution in [2.45, 2.75) is 13.3 Å². The summed E-state index contributed by atoms with van der Waals surface area (Å²) in [4.78, 5) is 10.0. The molecule has 0 fully saturated rings. The molecule has 94 valence electrons. The summed E-state index contributed by atoms with van der Waals surface area (Å²) in [5.41, 5.74) is 0.514. The van der Waals surface area contributed by atoms with Crippen molar-refractivity contribution in [3.63, 3.8) is 0 Å². The molecule has 2 rings (SSSR count). The Bertz CT molecular complexity index is 578. The van der Waals surface area contributed by atoms with Crippen LogP contribution in [0.2, 0.25) is 0 Å². The Hall–Kier alpha value is -2.31. The maximum Gasteiger partial charge on any atom is 0.351 e. The second-order valence-corrected chi connectivity index (χ2v) is 3.76. The lowest BCUT2D eigenvalue weighted by Gasteiger charge is -2.02. The van der Waals surface area contributed by atoms with E-state index < -0.39 is 22.9 Å². The van der Waals surface area contributed by atoms with Crippen LogP contribution in [-0.2, 0) is 0 Å². The molecular weight excluding hydrogens is 244 g/mol. The highest BCUT2D eigenvalue weighted by molar-refractivity contribution is 5.74. The summed E-state index contributed by atoms with van der Waals surface area (Å²) < 4.78 is 25.5. The Morgan fingerprint density at radius 3 is 2.44 bits per heavy atom. The molecule has 1 aromatic carbocycles. The summed E-state index contributed by atoms with van der Waals surface area (Å²) in [7, 11) is 0. The number of H-pyrrole nitrogens is 1. The maximum atomic E-state index is 12.8. The van der Waals surface area contributed by atoms with Crippen molar-refractivity contribution in [1.29, 1.82) is 0 Å². The van der Waals surface area contributed by atoms with Gasteiger partial charge >= 0.3 is 5.82 Å². The number of alkyl halides is 2. The van der Waals surface area contributed by atoms with Gasteiger partial charge in [-0.25, -0.2) is 8.78 Å². The van der Waals surface area contributed by atoms with Crippen molar-refractivity contribution in [1.82, 2.24) is 10.2 Å². The molecule has 2 aromatic rings. The minimum Gasteiger partial charge on any atom is -0.358 e. The summed E-state index contributed by atoms with van der Waals surface area (Å²) in [6, 6.07) is 6.50. The number of rotatable bonds is 3. The minimum atomic E-state index is -2.87. The molecule has 1 aromatic heterocycles. The number of nitrogens with zero attached hydrogens (tertiary/aromatic N) is 2. The molecule has 0 bridgehead atoms. The van der Waals surface area contributed by atoms with Gasteiger partial charge in [0.2, 0.25) is 0 Å². The van der Waals surface area contributed by atoms with Gasteiger partial charge in [-0.15, -0.1) is 5.10 Å². The first-order valence-corrected chi connectivity index (χ1v) is 5.08. The smallest absolute Gasteiger partial charge is 0.351 e. The third-order valence-corrected chi connectivity index (χ3v) is 2.50. The van der Waals surface area contributed by atoms with Gasteiger partial charge in [-0.2, -0.15) is 0 Å². The number of hydrogen-bond donors (Lipinski definition) is 1. The molecule has 7 heteroatoms.